The van der Waals surface area contributed by atoms with Crippen LogP contribution in [0.3, 0.4) is 0 Å². The largest absolute Gasteiger partial charge is 0.292 e. The third-order valence-electron chi connectivity index (χ3n) is 3.61. The second-order valence-electron chi connectivity index (χ2n) is 4.74. The maximum Gasteiger partial charge on any atom is 0.213 e. The van der Waals surface area contributed by atoms with Crippen molar-refractivity contribution in [2.75, 3.05) is 0 Å². The van der Waals surface area contributed by atoms with E-state index in [1.54, 1.807) is 0 Å². The van der Waals surface area contributed by atoms with Gasteiger partial charge in [0, 0.05) is 25.0 Å². The topological polar surface area (TPSA) is 20.9 Å². The van der Waals surface area contributed by atoms with E-state index >= 15 is 0 Å². The molecule has 0 bridgehead atoms. The van der Waals surface area contributed by atoms with Gasteiger partial charge < -0.3 is 0 Å². The molecule has 0 unspecified atom stereocenters. The van der Waals surface area contributed by atoms with Crippen molar-refractivity contribution in [3.63, 3.8) is 0 Å². The number of carbonyl (C=O) groups is 1. The van der Waals surface area contributed by atoms with E-state index in [2.05, 4.69) is 0 Å². The minimum atomic E-state index is -0.00991. The van der Waals surface area contributed by atoms with Crippen molar-refractivity contribution in [2.24, 2.45) is 5.92 Å². The highest BCUT2D eigenvalue weighted by atomic mass is 16.1. The molecule has 0 aliphatic heterocycles. The van der Waals surface area contributed by atoms with Crippen molar-refractivity contribution in [1.82, 2.24) is 0 Å². The Bertz CT molecular complexity index is 341. The van der Waals surface area contributed by atoms with Crippen LogP contribution >= 0.6 is 0 Å². The first-order chi connectivity index (χ1) is 7.79. The lowest BCUT2D eigenvalue weighted by atomic mass is 9.84. The highest BCUT2D eigenvalue weighted by Gasteiger charge is 2.30. The number of ketones is 1. The lowest BCUT2D eigenvalue weighted by Crippen LogP contribution is -2.44. The molecule has 1 aromatic rings. The number of carbonyl (C=O) groups excluding carboxylic acids is 1. The molecule has 2 rings (SSSR count). The molecule has 2 heteroatoms. The average molecular weight is 218 g/mol. The number of hydrogen-bond donors (Lipinski definition) is 0. The molecule has 1 aliphatic carbocycles. The molecule has 1 saturated carbocycles. The average Bonchev–Trinajstić information content (AvgIpc) is 2.39. The second kappa shape index (κ2) is 5.24. The maximum absolute atomic E-state index is 12.3. The highest BCUT2D eigenvalue weighted by Crippen LogP contribution is 2.26. The monoisotopic (exact) mass is 218 g/mol. The molecule has 1 atom stereocenters. The number of nitrogens with zero attached hydrogens (tertiary/aromatic N) is 1. The van der Waals surface area contributed by atoms with E-state index < -0.39 is 0 Å². The number of aromatic nitrogens is 1. The van der Waals surface area contributed by atoms with Gasteiger partial charge in [0.2, 0.25) is 11.8 Å². The second-order valence-corrected chi connectivity index (χ2v) is 4.74. The van der Waals surface area contributed by atoms with Crippen molar-refractivity contribution in [2.45, 2.75) is 45.1 Å². The van der Waals surface area contributed by atoms with Gasteiger partial charge in [0.15, 0.2) is 12.4 Å². The number of rotatable bonds is 3. The summed E-state index contributed by atoms with van der Waals surface area (Å²) in [5.74, 6) is 0.715. The van der Waals surface area contributed by atoms with Gasteiger partial charge in [0.05, 0.1) is 0 Å². The standard InChI is InChI=1S/C14H20NO/c1-12(15-10-6-3-7-11-15)14(16)13-8-4-2-5-9-13/h3,6-7,10-13H,2,4-5,8-9H2,1H3/q+1/t12-/m0/s1. The molecule has 16 heavy (non-hydrogen) atoms. The zero-order chi connectivity index (χ0) is 11.4. The summed E-state index contributed by atoms with van der Waals surface area (Å²) >= 11 is 0. The lowest BCUT2D eigenvalue weighted by molar-refractivity contribution is -0.706. The van der Waals surface area contributed by atoms with E-state index in [4.69, 9.17) is 0 Å². The van der Waals surface area contributed by atoms with Gasteiger partial charge in [0.25, 0.3) is 0 Å². The molecule has 1 heterocycles. The van der Waals surface area contributed by atoms with Gasteiger partial charge in [-0.25, -0.2) is 0 Å². The Kier molecular flexibility index (Phi) is 3.70. The van der Waals surface area contributed by atoms with Crippen LogP contribution in [0, 0.1) is 5.92 Å². The van der Waals surface area contributed by atoms with Crippen LogP contribution < -0.4 is 4.57 Å². The molecule has 1 aromatic heterocycles. The molecular formula is C14H20NO+. The van der Waals surface area contributed by atoms with Crippen molar-refractivity contribution >= 4 is 5.78 Å². The van der Waals surface area contributed by atoms with Crippen LogP contribution in [0.5, 0.6) is 0 Å². The van der Waals surface area contributed by atoms with Gasteiger partial charge in [-0.2, -0.15) is 4.57 Å². The van der Waals surface area contributed by atoms with Crippen LogP contribution in [0.15, 0.2) is 30.6 Å². The van der Waals surface area contributed by atoms with Gasteiger partial charge in [-0.15, -0.1) is 0 Å². The van der Waals surface area contributed by atoms with Crippen LogP contribution in [-0.2, 0) is 4.79 Å². The minimum absolute atomic E-state index is 0.00991. The maximum atomic E-state index is 12.3. The first-order valence-electron chi connectivity index (χ1n) is 6.28. The molecule has 0 spiro atoms. The van der Waals surface area contributed by atoms with E-state index in [9.17, 15) is 4.79 Å². The Labute approximate surface area is 97.3 Å². The van der Waals surface area contributed by atoms with E-state index in [-0.39, 0.29) is 6.04 Å². The van der Waals surface area contributed by atoms with Gasteiger partial charge in [-0.05, 0) is 12.8 Å². The van der Waals surface area contributed by atoms with E-state index in [1.807, 2.05) is 42.1 Å². The molecule has 0 aromatic carbocycles. The molecular weight excluding hydrogens is 198 g/mol. The zero-order valence-corrected chi connectivity index (χ0v) is 9.93. The van der Waals surface area contributed by atoms with Gasteiger partial charge >= 0.3 is 0 Å². The normalized spacial score (nSPS) is 19.3. The summed E-state index contributed by atoms with van der Waals surface area (Å²) in [4.78, 5) is 12.3. The summed E-state index contributed by atoms with van der Waals surface area (Å²) in [5.41, 5.74) is 0. The number of hydrogen-bond acceptors (Lipinski definition) is 1. The summed E-state index contributed by atoms with van der Waals surface area (Å²) in [6, 6.07) is 5.92. The molecule has 1 fully saturated rings. The Balaban J connectivity index is 2.04. The fourth-order valence-corrected chi connectivity index (χ4v) is 2.55. The van der Waals surface area contributed by atoms with Gasteiger partial charge in [-0.1, -0.05) is 25.3 Å². The summed E-state index contributed by atoms with van der Waals surface area (Å²) in [6.07, 6.45) is 9.89. The summed E-state index contributed by atoms with van der Waals surface area (Å²) in [7, 11) is 0. The smallest absolute Gasteiger partial charge is 0.213 e. The summed E-state index contributed by atoms with van der Waals surface area (Å²) < 4.78 is 2.01. The Morgan fingerprint density at radius 1 is 1.12 bits per heavy atom. The summed E-state index contributed by atoms with van der Waals surface area (Å²) in [6.45, 7) is 2.01. The first-order valence-corrected chi connectivity index (χ1v) is 6.28. The Hall–Kier alpha value is -1.18. The minimum Gasteiger partial charge on any atom is -0.292 e. The third-order valence-corrected chi connectivity index (χ3v) is 3.61. The van der Waals surface area contributed by atoms with Crippen molar-refractivity contribution < 1.29 is 9.36 Å². The van der Waals surface area contributed by atoms with Crippen molar-refractivity contribution in [1.29, 1.82) is 0 Å². The molecule has 0 saturated heterocycles. The SMILES string of the molecule is C[C@@H](C(=O)C1CCCCC1)[n+]1ccccc1. The molecule has 0 radical (unpaired) electrons. The van der Waals surface area contributed by atoms with E-state index in [1.165, 1.54) is 19.3 Å². The zero-order valence-electron chi connectivity index (χ0n) is 9.93. The third kappa shape index (κ3) is 2.49. The fraction of sp³-hybridized carbons (Fsp3) is 0.571. The van der Waals surface area contributed by atoms with Gasteiger partial charge in [0.1, 0.15) is 0 Å². The molecule has 2 nitrogen and oxygen atoms in total. The fourth-order valence-electron chi connectivity index (χ4n) is 2.55. The van der Waals surface area contributed by atoms with Crippen LogP contribution in [-0.4, -0.2) is 5.78 Å². The van der Waals surface area contributed by atoms with Crippen LogP contribution in [0.25, 0.3) is 0 Å². The number of pyridine rings is 1. The number of Topliss-reactive ketones (excluding diaryl/α,β-unsaturated/α-hetero) is 1. The van der Waals surface area contributed by atoms with E-state index in [0.717, 1.165) is 12.8 Å². The molecule has 0 N–H and O–H groups in total. The quantitative estimate of drug-likeness (QED) is 0.715. The predicted octanol–water partition coefficient (Wildman–Crippen LogP) is 2.68. The van der Waals surface area contributed by atoms with Crippen LogP contribution in [0.4, 0.5) is 0 Å². The van der Waals surface area contributed by atoms with Gasteiger partial charge in [-0.3, -0.25) is 4.79 Å². The predicted molar refractivity (Wildman–Crippen MR) is 62.9 cm³/mol. The lowest BCUT2D eigenvalue weighted by Gasteiger charge is -2.21. The van der Waals surface area contributed by atoms with Crippen molar-refractivity contribution in [3.8, 4) is 0 Å². The van der Waals surface area contributed by atoms with Crippen LogP contribution in [0.1, 0.15) is 45.1 Å². The highest BCUT2D eigenvalue weighted by molar-refractivity contribution is 5.83. The molecule has 1 aliphatic rings. The van der Waals surface area contributed by atoms with E-state index in [0.29, 0.717) is 11.7 Å². The van der Waals surface area contributed by atoms with Crippen molar-refractivity contribution in [3.05, 3.63) is 30.6 Å². The molecule has 86 valence electrons. The molecule has 0 amide bonds. The summed E-state index contributed by atoms with van der Waals surface area (Å²) in [5, 5.41) is 0. The Morgan fingerprint density at radius 3 is 2.38 bits per heavy atom. The van der Waals surface area contributed by atoms with Crippen LogP contribution in [0.2, 0.25) is 0 Å². The Morgan fingerprint density at radius 2 is 1.75 bits per heavy atom. The first kappa shape index (κ1) is 11.3.